The second kappa shape index (κ2) is 5.45. The first-order valence-corrected chi connectivity index (χ1v) is 6.41. The van der Waals surface area contributed by atoms with E-state index in [1.807, 2.05) is 24.3 Å². The van der Waals surface area contributed by atoms with Crippen molar-refractivity contribution < 1.29 is 4.74 Å². The van der Waals surface area contributed by atoms with Crippen molar-refractivity contribution in [2.75, 3.05) is 7.11 Å². The number of ether oxygens (including phenoxy) is 1. The highest BCUT2D eigenvalue weighted by Gasteiger charge is 2.15. The van der Waals surface area contributed by atoms with Crippen LogP contribution in [0.15, 0.2) is 42.5 Å². The van der Waals surface area contributed by atoms with Crippen molar-refractivity contribution in [1.29, 1.82) is 0 Å². The molecule has 0 N–H and O–H groups in total. The zero-order chi connectivity index (χ0) is 13.1. The molecule has 0 fully saturated rings. The summed E-state index contributed by atoms with van der Waals surface area (Å²) in [6.45, 7) is 4.20. The third kappa shape index (κ3) is 2.51. The monoisotopic (exact) mass is 260 g/mol. The molecule has 94 valence electrons. The van der Waals surface area contributed by atoms with Crippen molar-refractivity contribution in [1.82, 2.24) is 0 Å². The SMILES string of the molecule is COc1ccc(C(Cl)c2c(C)cccc2C)cc1. The minimum Gasteiger partial charge on any atom is -0.497 e. The van der Waals surface area contributed by atoms with E-state index in [1.165, 1.54) is 16.7 Å². The Kier molecular flexibility index (Phi) is 3.93. The fraction of sp³-hybridized carbons (Fsp3) is 0.250. The van der Waals surface area contributed by atoms with E-state index < -0.39 is 0 Å². The maximum Gasteiger partial charge on any atom is 0.118 e. The van der Waals surface area contributed by atoms with E-state index >= 15 is 0 Å². The lowest BCUT2D eigenvalue weighted by Crippen LogP contribution is -1.99. The third-order valence-electron chi connectivity index (χ3n) is 3.20. The lowest BCUT2D eigenvalue weighted by Gasteiger charge is -2.16. The molecule has 1 unspecified atom stereocenters. The van der Waals surface area contributed by atoms with Crippen LogP contribution in [0.5, 0.6) is 5.75 Å². The highest BCUT2D eigenvalue weighted by atomic mass is 35.5. The van der Waals surface area contributed by atoms with Crippen LogP contribution < -0.4 is 4.74 Å². The quantitative estimate of drug-likeness (QED) is 0.731. The molecule has 2 rings (SSSR count). The van der Waals surface area contributed by atoms with Crippen LogP contribution in [0, 0.1) is 13.8 Å². The van der Waals surface area contributed by atoms with E-state index in [0.717, 1.165) is 11.3 Å². The first kappa shape index (κ1) is 13.0. The molecule has 18 heavy (non-hydrogen) atoms. The van der Waals surface area contributed by atoms with Gasteiger partial charge in [0.15, 0.2) is 0 Å². The maximum absolute atomic E-state index is 6.60. The van der Waals surface area contributed by atoms with Gasteiger partial charge in [-0.1, -0.05) is 30.3 Å². The van der Waals surface area contributed by atoms with Crippen LogP contribution in [-0.2, 0) is 0 Å². The molecule has 1 atom stereocenters. The summed E-state index contributed by atoms with van der Waals surface area (Å²) in [6, 6.07) is 14.2. The molecule has 2 heteroatoms. The minimum absolute atomic E-state index is 0.114. The molecule has 2 aromatic rings. The van der Waals surface area contributed by atoms with Crippen LogP contribution in [0.25, 0.3) is 0 Å². The van der Waals surface area contributed by atoms with Gasteiger partial charge in [-0.3, -0.25) is 0 Å². The van der Waals surface area contributed by atoms with Gasteiger partial charge >= 0.3 is 0 Å². The fourth-order valence-electron chi connectivity index (χ4n) is 2.17. The average Bonchev–Trinajstić information content (AvgIpc) is 2.38. The normalized spacial score (nSPS) is 12.2. The standard InChI is InChI=1S/C16H17ClO/c1-11-5-4-6-12(2)15(11)16(17)13-7-9-14(18-3)10-8-13/h4-10,16H,1-3H3. The smallest absolute Gasteiger partial charge is 0.118 e. The Hall–Kier alpha value is -1.47. The highest BCUT2D eigenvalue weighted by molar-refractivity contribution is 6.22. The molecule has 0 radical (unpaired) electrons. The fourth-order valence-corrected chi connectivity index (χ4v) is 2.66. The lowest BCUT2D eigenvalue weighted by molar-refractivity contribution is 0.414. The highest BCUT2D eigenvalue weighted by Crippen LogP contribution is 2.33. The Bertz CT molecular complexity index is 511. The Balaban J connectivity index is 2.38. The molecule has 0 spiro atoms. The second-order valence-corrected chi connectivity index (χ2v) is 4.88. The molecule has 0 amide bonds. The van der Waals surface area contributed by atoms with Gasteiger partial charge in [0.25, 0.3) is 0 Å². The number of rotatable bonds is 3. The van der Waals surface area contributed by atoms with Gasteiger partial charge in [-0.25, -0.2) is 0 Å². The van der Waals surface area contributed by atoms with Crippen LogP contribution in [-0.4, -0.2) is 7.11 Å². The maximum atomic E-state index is 6.60. The van der Waals surface area contributed by atoms with Crippen molar-refractivity contribution in [3.63, 3.8) is 0 Å². The average molecular weight is 261 g/mol. The van der Waals surface area contributed by atoms with E-state index in [2.05, 4.69) is 32.0 Å². The van der Waals surface area contributed by atoms with Gasteiger partial charge in [0.2, 0.25) is 0 Å². The predicted molar refractivity (Wildman–Crippen MR) is 76.6 cm³/mol. The lowest BCUT2D eigenvalue weighted by atomic mass is 9.96. The van der Waals surface area contributed by atoms with Gasteiger partial charge in [0.05, 0.1) is 12.5 Å². The molecule has 1 nitrogen and oxygen atoms in total. The van der Waals surface area contributed by atoms with E-state index in [4.69, 9.17) is 16.3 Å². The Morgan fingerprint density at radius 1 is 0.944 bits per heavy atom. The number of aryl methyl sites for hydroxylation is 2. The summed E-state index contributed by atoms with van der Waals surface area (Å²) < 4.78 is 5.16. The van der Waals surface area contributed by atoms with Crippen molar-refractivity contribution in [2.24, 2.45) is 0 Å². The second-order valence-electron chi connectivity index (χ2n) is 4.44. The zero-order valence-electron chi connectivity index (χ0n) is 10.9. The number of alkyl halides is 1. The van der Waals surface area contributed by atoms with Gasteiger partial charge in [0.1, 0.15) is 5.75 Å². The molecule has 0 bridgehead atoms. The number of hydrogen-bond acceptors (Lipinski definition) is 1. The van der Waals surface area contributed by atoms with Crippen LogP contribution >= 0.6 is 11.6 Å². The molecule has 0 aliphatic heterocycles. The summed E-state index contributed by atoms with van der Waals surface area (Å²) in [6.07, 6.45) is 0. The summed E-state index contributed by atoms with van der Waals surface area (Å²) in [5.74, 6) is 0.851. The summed E-state index contributed by atoms with van der Waals surface area (Å²) in [7, 11) is 1.67. The Morgan fingerprint density at radius 2 is 1.50 bits per heavy atom. The first-order valence-electron chi connectivity index (χ1n) is 5.97. The molecular formula is C16H17ClO. The van der Waals surface area contributed by atoms with Crippen LogP contribution in [0.1, 0.15) is 27.6 Å². The van der Waals surface area contributed by atoms with Gasteiger partial charge in [-0.2, -0.15) is 0 Å². The third-order valence-corrected chi connectivity index (χ3v) is 3.67. The number of hydrogen-bond donors (Lipinski definition) is 0. The summed E-state index contributed by atoms with van der Waals surface area (Å²) in [5, 5.41) is -0.114. The van der Waals surface area contributed by atoms with E-state index in [-0.39, 0.29) is 5.38 Å². The molecule has 0 heterocycles. The van der Waals surface area contributed by atoms with Crippen LogP contribution in [0.4, 0.5) is 0 Å². The summed E-state index contributed by atoms with van der Waals surface area (Å²) in [4.78, 5) is 0. The first-order chi connectivity index (χ1) is 8.63. The predicted octanol–water partition coefficient (Wildman–Crippen LogP) is 4.64. The molecule has 0 saturated carbocycles. The largest absolute Gasteiger partial charge is 0.497 e. The van der Waals surface area contributed by atoms with Crippen molar-refractivity contribution in [3.05, 3.63) is 64.7 Å². The van der Waals surface area contributed by atoms with Crippen LogP contribution in [0.3, 0.4) is 0 Å². The van der Waals surface area contributed by atoms with E-state index in [9.17, 15) is 0 Å². The Labute approximate surface area is 113 Å². The summed E-state index contributed by atoms with van der Waals surface area (Å²) in [5.41, 5.74) is 4.75. The molecular weight excluding hydrogens is 244 g/mol. The van der Waals surface area contributed by atoms with Gasteiger partial charge in [-0.15, -0.1) is 11.6 Å². The Morgan fingerprint density at radius 3 is 2.00 bits per heavy atom. The van der Waals surface area contributed by atoms with Crippen LogP contribution in [0.2, 0.25) is 0 Å². The molecule has 0 saturated heterocycles. The van der Waals surface area contributed by atoms with Gasteiger partial charge in [-0.05, 0) is 48.2 Å². The van der Waals surface area contributed by atoms with E-state index in [0.29, 0.717) is 0 Å². The van der Waals surface area contributed by atoms with Crippen molar-refractivity contribution >= 4 is 11.6 Å². The number of methoxy groups -OCH3 is 1. The molecule has 0 aliphatic carbocycles. The zero-order valence-corrected chi connectivity index (χ0v) is 11.7. The van der Waals surface area contributed by atoms with Crippen molar-refractivity contribution in [3.8, 4) is 5.75 Å². The topological polar surface area (TPSA) is 9.23 Å². The molecule has 0 aliphatic rings. The molecule has 2 aromatic carbocycles. The van der Waals surface area contributed by atoms with Crippen molar-refractivity contribution in [2.45, 2.75) is 19.2 Å². The number of halogens is 1. The van der Waals surface area contributed by atoms with Gasteiger partial charge in [0, 0.05) is 0 Å². The minimum atomic E-state index is -0.114. The van der Waals surface area contributed by atoms with Gasteiger partial charge < -0.3 is 4.74 Å². The number of benzene rings is 2. The summed E-state index contributed by atoms with van der Waals surface area (Å²) >= 11 is 6.60. The van der Waals surface area contributed by atoms with E-state index in [1.54, 1.807) is 7.11 Å². The molecule has 0 aromatic heterocycles.